The van der Waals surface area contributed by atoms with Gasteiger partial charge in [-0.05, 0) is 43.8 Å². The molecule has 1 aromatic rings. The van der Waals surface area contributed by atoms with E-state index >= 15 is 0 Å². The molecule has 1 aliphatic heterocycles. The lowest BCUT2D eigenvalue weighted by molar-refractivity contribution is -0.138. The molecular formula is C17H29Cl2F3N2OSi. The first-order valence-electron chi connectivity index (χ1n) is 8.44. The fraction of sp³-hybridized carbons (Fsp3) is 0.647. The minimum Gasteiger partial charge on any atom is -0.544 e. The third-order valence-corrected chi connectivity index (χ3v) is 4.83. The van der Waals surface area contributed by atoms with Crippen LogP contribution in [0.15, 0.2) is 24.3 Å². The van der Waals surface area contributed by atoms with Gasteiger partial charge in [0, 0.05) is 38.6 Å². The number of hydrogen-bond donors (Lipinski definition) is 1. The van der Waals surface area contributed by atoms with E-state index in [1.807, 2.05) is 24.3 Å². The number of nitrogens with zero attached hydrogens (tertiary/aromatic N) is 1. The molecule has 1 atom stereocenters. The van der Waals surface area contributed by atoms with Crippen molar-refractivity contribution in [2.24, 2.45) is 0 Å². The molecule has 0 saturated carbocycles. The summed E-state index contributed by atoms with van der Waals surface area (Å²) in [7, 11) is -1.68. The molecule has 1 saturated heterocycles. The summed E-state index contributed by atoms with van der Waals surface area (Å²) in [5.74, 6) is 0.799. The van der Waals surface area contributed by atoms with Gasteiger partial charge in [-0.1, -0.05) is 12.1 Å². The van der Waals surface area contributed by atoms with E-state index in [1.54, 1.807) is 0 Å². The molecule has 0 aliphatic carbocycles. The molecule has 1 N–H and O–H groups in total. The Labute approximate surface area is 167 Å². The van der Waals surface area contributed by atoms with E-state index in [-0.39, 0.29) is 37.3 Å². The van der Waals surface area contributed by atoms with Crippen molar-refractivity contribution < 1.29 is 17.6 Å². The Morgan fingerprint density at radius 3 is 2.08 bits per heavy atom. The van der Waals surface area contributed by atoms with Gasteiger partial charge in [-0.2, -0.15) is 13.2 Å². The molecule has 0 radical (unpaired) electrons. The second kappa shape index (κ2) is 10.8. The van der Waals surface area contributed by atoms with Crippen LogP contribution in [-0.4, -0.2) is 45.6 Å². The highest BCUT2D eigenvalue weighted by Crippen LogP contribution is 2.32. The van der Waals surface area contributed by atoms with Gasteiger partial charge in [0.05, 0.1) is 0 Å². The molecule has 2 rings (SSSR count). The largest absolute Gasteiger partial charge is 0.544 e. The Hall–Kier alpha value is -0.473. The number of alkyl halides is 3. The lowest BCUT2D eigenvalue weighted by Crippen LogP contribution is -2.45. The Bertz CT molecular complexity index is 518. The molecular weight excluding hydrogens is 404 g/mol. The Morgan fingerprint density at radius 2 is 1.62 bits per heavy atom. The van der Waals surface area contributed by atoms with Crippen molar-refractivity contribution in [1.29, 1.82) is 0 Å². The van der Waals surface area contributed by atoms with Crippen molar-refractivity contribution >= 4 is 33.1 Å². The summed E-state index contributed by atoms with van der Waals surface area (Å²) in [4.78, 5) is 2.15. The van der Waals surface area contributed by atoms with Gasteiger partial charge in [-0.3, -0.25) is 4.90 Å². The summed E-state index contributed by atoms with van der Waals surface area (Å²) in [6.45, 7) is 9.50. The highest BCUT2D eigenvalue weighted by molar-refractivity contribution is 6.70. The Morgan fingerprint density at radius 1 is 1.08 bits per heavy atom. The van der Waals surface area contributed by atoms with E-state index in [2.05, 4.69) is 29.9 Å². The van der Waals surface area contributed by atoms with Crippen LogP contribution in [0.2, 0.25) is 19.6 Å². The molecule has 1 aromatic carbocycles. The SMILES string of the molecule is C[Si](C)(C)Oc1ccc([C@@H](CCC(F)(F)F)N2CCNCC2)cc1.Cl.Cl. The first kappa shape index (κ1) is 25.5. The van der Waals surface area contributed by atoms with Gasteiger partial charge < -0.3 is 9.74 Å². The first-order chi connectivity index (χ1) is 11.1. The number of rotatable bonds is 6. The molecule has 1 aliphatic rings. The minimum absolute atomic E-state index is 0. The van der Waals surface area contributed by atoms with Crippen LogP contribution < -0.4 is 9.74 Å². The van der Waals surface area contributed by atoms with Crippen LogP contribution in [0.4, 0.5) is 13.2 Å². The summed E-state index contributed by atoms with van der Waals surface area (Å²) < 4.78 is 44.0. The topological polar surface area (TPSA) is 24.5 Å². The fourth-order valence-electron chi connectivity index (χ4n) is 2.97. The third kappa shape index (κ3) is 8.95. The van der Waals surface area contributed by atoms with Gasteiger partial charge in [0.2, 0.25) is 8.32 Å². The maximum atomic E-state index is 12.7. The van der Waals surface area contributed by atoms with Crippen molar-refractivity contribution in [3.05, 3.63) is 29.8 Å². The predicted octanol–water partition coefficient (Wildman–Crippen LogP) is 5.03. The van der Waals surface area contributed by atoms with Crippen molar-refractivity contribution in [2.45, 2.75) is 44.7 Å². The zero-order chi connectivity index (χ0) is 17.8. The van der Waals surface area contributed by atoms with Crippen LogP contribution in [0.5, 0.6) is 5.75 Å². The molecule has 3 nitrogen and oxygen atoms in total. The highest BCUT2D eigenvalue weighted by atomic mass is 35.5. The summed E-state index contributed by atoms with van der Waals surface area (Å²) in [5.41, 5.74) is 0.934. The average molecular weight is 433 g/mol. The first-order valence-corrected chi connectivity index (χ1v) is 11.9. The van der Waals surface area contributed by atoms with E-state index in [0.29, 0.717) is 0 Å². The van der Waals surface area contributed by atoms with Crippen molar-refractivity contribution in [2.75, 3.05) is 26.2 Å². The lowest BCUT2D eigenvalue weighted by atomic mass is 9.99. The molecule has 1 heterocycles. The number of piperazine rings is 1. The zero-order valence-electron chi connectivity index (χ0n) is 15.4. The molecule has 0 amide bonds. The summed E-state index contributed by atoms with van der Waals surface area (Å²) in [6, 6.07) is 7.40. The van der Waals surface area contributed by atoms with Gasteiger partial charge in [-0.15, -0.1) is 24.8 Å². The standard InChI is InChI=1S/C17H27F3N2OSi.2ClH/c1-24(2,3)23-15-6-4-14(5-7-15)16(8-9-17(18,19)20)22-12-10-21-11-13-22;;/h4-7,16,21H,8-13H2,1-3H3;2*1H/t16-;;/m1../s1. The van der Waals surface area contributed by atoms with Crippen molar-refractivity contribution in [3.63, 3.8) is 0 Å². The second-order valence-electron chi connectivity index (χ2n) is 7.24. The van der Waals surface area contributed by atoms with E-state index < -0.39 is 20.9 Å². The molecule has 9 heteroatoms. The average Bonchev–Trinajstić information content (AvgIpc) is 2.47. The Balaban J connectivity index is 0.00000312. The normalized spacial score (nSPS) is 17.0. The molecule has 1 fully saturated rings. The molecule has 0 unspecified atom stereocenters. The van der Waals surface area contributed by atoms with Crippen molar-refractivity contribution in [1.82, 2.24) is 10.2 Å². The van der Waals surface area contributed by atoms with Crippen LogP contribution in [0.25, 0.3) is 0 Å². The van der Waals surface area contributed by atoms with Gasteiger partial charge in [0.25, 0.3) is 0 Å². The van der Waals surface area contributed by atoms with E-state index in [1.165, 1.54) is 0 Å². The van der Waals surface area contributed by atoms with Gasteiger partial charge in [0.15, 0.2) is 0 Å². The van der Waals surface area contributed by atoms with E-state index in [4.69, 9.17) is 4.43 Å². The van der Waals surface area contributed by atoms with Crippen LogP contribution in [0.1, 0.15) is 24.4 Å². The van der Waals surface area contributed by atoms with Crippen molar-refractivity contribution in [3.8, 4) is 5.75 Å². The second-order valence-corrected chi connectivity index (χ2v) is 11.7. The summed E-state index contributed by atoms with van der Waals surface area (Å²) >= 11 is 0. The molecule has 26 heavy (non-hydrogen) atoms. The quantitative estimate of drug-likeness (QED) is 0.637. The lowest BCUT2D eigenvalue weighted by Gasteiger charge is -2.35. The third-order valence-electron chi connectivity index (χ3n) is 3.98. The van der Waals surface area contributed by atoms with Gasteiger partial charge >= 0.3 is 6.18 Å². The number of nitrogens with one attached hydrogen (secondary N) is 1. The highest BCUT2D eigenvalue weighted by Gasteiger charge is 2.31. The van der Waals surface area contributed by atoms with Gasteiger partial charge in [0.1, 0.15) is 5.75 Å². The van der Waals surface area contributed by atoms with E-state index in [0.717, 1.165) is 37.5 Å². The molecule has 0 aromatic heterocycles. The van der Waals surface area contributed by atoms with Crippen LogP contribution in [0, 0.1) is 0 Å². The zero-order valence-corrected chi connectivity index (χ0v) is 18.1. The summed E-state index contributed by atoms with van der Waals surface area (Å²) in [5, 5.41) is 3.25. The van der Waals surface area contributed by atoms with E-state index in [9.17, 15) is 13.2 Å². The molecule has 152 valence electrons. The maximum absolute atomic E-state index is 12.7. The van der Waals surface area contributed by atoms with Crippen LogP contribution >= 0.6 is 24.8 Å². The predicted molar refractivity (Wildman–Crippen MR) is 107 cm³/mol. The maximum Gasteiger partial charge on any atom is 0.389 e. The molecule has 0 bridgehead atoms. The summed E-state index contributed by atoms with van der Waals surface area (Å²) in [6.07, 6.45) is -4.78. The number of halogens is 5. The number of benzene rings is 1. The number of hydrogen-bond acceptors (Lipinski definition) is 3. The smallest absolute Gasteiger partial charge is 0.389 e. The molecule has 0 spiro atoms. The van der Waals surface area contributed by atoms with Gasteiger partial charge in [-0.25, -0.2) is 0 Å². The van der Waals surface area contributed by atoms with Crippen LogP contribution in [-0.2, 0) is 0 Å². The minimum atomic E-state index is -4.12. The van der Waals surface area contributed by atoms with Crippen LogP contribution in [0.3, 0.4) is 0 Å². The Kier molecular flexibility index (Phi) is 10.6. The fourth-order valence-corrected chi connectivity index (χ4v) is 3.81. The monoisotopic (exact) mass is 432 g/mol.